The third-order valence-electron chi connectivity index (χ3n) is 4.19. The van der Waals surface area contributed by atoms with Crippen LogP contribution in [0.4, 0.5) is 0 Å². The third kappa shape index (κ3) is 4.94. The molecule has 1 atom stereocenters. The van der Waals surface area contributed by atoms with Gasteiger partial charge in [-0.25, -0.2) is 0 Å². The molecule has 3 nitrogen and oxygen atoms in total. The molecular formula is C14H29N3. The fraction of sp³-hybridized carbons (Fsp3) is 1.00. The van der Waals surface area contributed by atoms with Gasteiger partial charge in [-0.05, 0) is 71.2 Å². The van der Waals surface area contributed by atoms with Crippen molar-refractivity contribution < 1.29 is 0 Å². The minimum absolute atomic E-state index is 0.656. The summed E-state index contributed by atoms with van der Waals surface area (Å²) in [5.74, 6) is 0.903. The van der Waals surface area contributed by atoms with Gasteiger partial charge in [0.1, 0.15) is 0 Å². The van der Waals surface area contributed by atoms with Crippen LogP contribution < -0.4 is 10.6 Å². The summed E-state index contributed by atoms with van der Waals surface area (Å²) >= 11 is 0. The second-order valence-corrected chi connectivity index (χ2v) is 5.86. The lowest BCUT2D eigenvalue weighted by molar-refractivity contribution is 0.205. The lowest BCUT2D eigenvalue weighted by Gasteiger charge is -2.30. The predicted octanol–water partition coefficient (Wildman–Crippen LogP) is 1.45. The molecule has 2 aliphatic rings. The molecule has 0 aromatic heterocycles. The van der Waals surface area contributed by atoms with Crippen molar-refractivity contribution >= 4 is 0 Å². The van der Waals surface area contributed by atoms with Gasteiger partial charge in [0.05, 0.1) is 0 Å². The first-order chi connectivity index (χ1) is 8.34. The van der Waals surface area contributed by atoms with Gasteiger partial charge >= 0.3 is 0 Å². The van der Waals surface area contributed by atoms with E-state index in [0.717, 1.165) is 5.92 Å². The van der Waals surface area contributed by atoms with E-state index < -0.39 is 0 Å². The van der Waals surface area contributed by atoms with Crippen molar-refractivity contribution in [3.05, 3.63) is 0 Å². The molecule has 0 amide bonds. The summed E-state index contributed by atoms with van der Waals surface area (Å²) < 4.78 is 0. The number of hydrogen-bond donors (Lipinski definition) is 2. The maximum atomic E-state index is 3.73. The fourth-order valence-corrected chi connectivity index (χ4v) is 3.05. The highest BCUT2D eigenvalue weighted by atomic mass is 15.1. The van der Waals surface area contributed by atoms with Crippen LogP contribution in [0.5, 0.6) is 0 Å². The summed E-state index contributed by atoms with van der Waals surface area (Å²) in [6.45, 7) is 9.87. The Balaban J connectivity index is 1.57. The number of piperidine rings is 2. The van der Waals surface area contributed by atoms with Crippen LogP contribution >= 0.6 is 0 Å². The number of nitrogens with one attached hydrogen (secondary N) is 2. The van der Waals surface area contributed by atoms with Gasteiger partial charge in [-0.2, -0.15) is 0 Å². The summed E-state index contributed by atoms with van der Waals surface area (Å²) in [5.41, 5.74) is 0. The van der Waals surface area contributed by atoms with E-state index in [4.69, 9.17) is 0 Å². The Hall–Kier alpha value is -0.120. The topological polar surface area (TPSA) is 27.3 Å². The smallest absolute Gasteiger partial charge is 0.0166 e. The van der Waals surface area contributed by atoms with Crippen molar-refractivity contribution in [1.82, 2.24) is 15.5 Å². The monoisotopic (exact) mass is 239 g/mol. The first kappa shape index (κ1) is 13.3. The minimum atomic E-state index is 0.656. The highest BCUT2D eigenvalue weighted by Crippen LogP contribution is 2.11. The van der Waals surface area contributed by atoms with E-state index in [1.54, 1.807) is 0 Å². The molecule has 0 aliphatic carbocycles. The Labute approximate surface area is 106 Å². The molecule has 1 unspecified atom stereocenters. The largest absolute Gasteiger partial charge is 0.317 e. The lowest BCUT2D eigenvalue weighted by Crippen LogP contribution is -2.44. The van der Waals surface area contributed by atoms with Crippen LogP contribution in [0.25, 0.3) is 0 Å². The van der Waals surface area contributed by atoms with Crippen LogP contribution in [0.15, 0.2) is 0 Å². The van der Waals surface area contributed by atoms with Crippen molar-refractivity contribution in [2.24, 2.45) is 5.92 Å². The minimum Gasteiger partial charge on any atom is -0.317 e. The van der Waals surface area contributed by atoms with Crippen molar-refractivity contribution in [3.8, 4) is 0 Å². The van der Waals surface area contributed by atoms with Crippen LogP contribution in [0.3, 0.4) is 0 Å². The van der Waals surface area contributed by atoms with Crippen molar-refractivity contribution in [2.45, 2.75) is 45.1 Å². The second kappa shape index (κ2) is 7.34. The average Bonchev–Trinajstić information content (AvgIpc) is 2.39. The van der Waals surface area contributed by atoms with Gasteiger partial charge in [-0.15, -0.1) is 0 Å². The maximum Gasteiger partial charge on any atom is 0.0166 e. The summed E-state index contributed by atoms with van der Waals surface area (Å²) in [6, 6.07) is 0.656. The van der Waals surface area contributed by atoms with Crippen molar-refractivity contribution in [3.63, 3.8) is 0 Å². The van der Waals surface area contributed by atoms with Crippen LogP contribution in [-0.4, -0.2) is 50.2 Å². The van der Waals surface area contributed by atoms with Crippen molar-refractivity contribution in [2.75, 3.05) is 39.3 Å². The highest BCUT2D eigenvalue weighted by Gasteiger charge is 2.16. The zero-order chi connectivity index (χ0) is 11.9. The first-order valence-corrected chi connectivity index (χ1v) is 7.51. The molecule has 2 aliphatic heterocycles. The normalized spacial score (nSPS) is 25.9. The van der Waals surface area contributed by atoms with Gasteiger partial charge in [0.2, 0.25) is 0 Å². The van der Waals surface area contributed by atoms with E-state index in [9.17, 15) is 0 Å². The molecule has 100 valence electrons. The van der Waals surface area contributed by atoms with E-state index in [-0.39, 0.29) is 0 Å². The van der Waals surface area contributed by atoms with Gasteiger partial charge in [-0.1, -0.05) is 6.42 Å². The Morgan fingerprint density at radius 2 is 1.88 bits per heavy atom. The SMILES string of the molecule is CC(CN1CCCCC1)NCC1CCNCC1. The number of nitrogens with zero attached hydrogens (tertiary/aromatic N) is 1. The van der Waals surface area contributed by atoms with Crippen LogP contribution in [-0.2, 0) is 0 Å². The van der Waals surface area contributed by atoms with Crippen LogP contribution in [0, 0.1) is 5.92 Å². The van der Waals surface area contributed by atoms with Crippen LogP contribution in [0.2, 0.25) is 0 Å². The average molecular weight is 239 g/mol. The highest BCUT2D eigenvalue weighted by molar-refractivity contribution is 4.75. The van der Waals surface area contributed by atoms with Gasteiger partial charge in [0.25, 0.3) is 0 Å². The lowest BCUT2D eigenvalue weighted by atomic mass is 9.98. The van der Waals surface area contributed by atoms with E-state index >= 15 is 0 Å². The summed E-state index contributed by atoms with van der Waals surface area (Å²) in [4.78, 5) is 2.63. The molecule has 17 heavy (non-hydrogen) atoms. The Kier molecular flexibility index (Phi) is 5.75. The van der Waals surface area contributed by atoms with E-state index in [2.05, 4.69) is 22.5 Å². The van der Waals surface area contributed by atoms with Crippen molar-refractivity contribution in [1.29, 1.82) is 0 Å². The van der Waals surface area contributed by atoms with Gasteiger partial charge in [-0.3, -0.25) is 0 Å². The van der Waals surface area contributed by atoms with Gasteiger partial charge < -0.3 is 15.5 Å². The number of likely N-dealkylation sites (tertiary alicyclic amines) is 1. The number of rotatable bonds is 5. The number of hydrogen-bond acceptors (Lipinski definition) is 3. The first-order valence-electron chi connectivity index (χ1n) is 7.51. The molecule has 0 saturated carbocycles. The molecule has 0 spiro atoms. The standard InChI is InChI=1S/C14H29N3/c1-13(12-17-9-3-2-4-10-17)16-11-14-5-7-15-8-6-14/h13-16H,2-12H2,1H3. The van der Waals surface area contributed by atoms with Gasteiger partial charge in [0.15, 0.2) is 0 Å². The molecular weight excluding hydrogens is 210 g/mol. The molecule has 0 aromatic rings. The molecule has 3 heteroatoms. The zero-order valence-electron chi connectivity index (χ0n) is 11.4. The maximum absolute atomic E-state index is 3.73. The second-order valence-electron chi connectivity index (χ2n) is 5.86. The summed E-state index contributed by atoms with van der Waals surface area (Å²) in [5, 5.41) is 7.16. The Morgan fingerprint density at radius 3 is 2.59 bits per heavy atom. The third-order valence-corrected chi connectivity index (χ3v) is 4.19. The molecule has 0 bridgehead atoms. The van der Waals surface area contributed by atoms with E-state index in [0.29, 0.717) is 6.04 Å². The molecule has 2 N–H and O–H groups in total. The Morgan fingerprint density at radius 1 is 1.18 bits per heavy atom. The molecule has 2 heterocycles. The van der Waals surface area contributed by atoms with E-state index in [1.165, 1.54) is 71.4 Å². The summed E-state index contributed by atoms with van der Waals surface area (Å²) in [7, 11) is 0. The van der Waals surface area contributed by atoms with E-state index in [1.807, 2.05) is 0 Å². The predicted molar refractivity (Wildman–Crippen MR) is 73.3 cm³/mol. The molecule has 2 fully saturated rings. The quantitative estimate of drug-likeness (QED) is 0.760. The Bertz CT molecular complexity index is 196. The van der Waals surface area contributed by atoms with Gasteiger partial charge in [0, 0.05) is 12.6 Å². The molecule has 0 radical (unpaired) electrons. The molecule has 2 rings (SSSR count). The zero-order valence-corrected chi connectivity index (χ0v) is 11.4. The molecule has 0 aromatic carbocycles. The summed E-state index contributed by atoms with van der Waals surface area (Å²) in [6.07, 6.45) is 6.95. The fourth-order valence-electron chi connectivity index (χ4n) is 3.05. The molecule has 2 saturated heterocycles. The van der Waals surface area contributed by atoms with Crippen LogP contribution in [0.1, 0.15) is 39.0 Å².